The van der Waals surface area contributed by atoms with Gasteiger partial charge in [-0.15, -0.1) is 0 Å². The minimum atomic E-state index is -1.20. The van der Waals surface area contributed by atoms with Crippen LogP contribution in [-0.2, 0) is 20.7 Å². The monoisotopic (exact) mass is 261 g/mol. The van der Waals surface area contributed by atoms with Crippen LogP contribution in [-0.4, -0.2) is 41.9 Å². The lowest BCUT2D eigenvalue weighted by Gasteiger charge is -2.44. The fraction of sp³-hybridized carbons (Fsp3) is 0.467. The molecule has 1 aliphatic heterocycles. The van der Waals surface area contributed by atoms with E-state index in [-0.39, 0.29) is 11.8 Å². The summed E-state index contributed by atoms with van der Waals surface area (Å²) in [6.07, 6.45) is 0.350. The summed E-state index contributed by atoms with van der Waals surface area (Å²) < 4.78 is 5.21. The predicted octanol–water partition coefficient (Wildman–Crippen LogP) is 1.43. The molecule has 4 heteroatoms. The van der Waals surface area contributed by atoms with Gasteiger partial charge in [0.15, 0.2) is 11.3 Å². The van der Waals surface area contributed by atoms with Crippen molar-refractivity contribution < 1.29 is 14.3 Å². The van der Waals surface area contributed by atoms with Crippen LogP contribution in [0.15, 0.2) is 30.3 Å². The number of rotatable bonds is 3. The highest BCUT2D eigenvalue weighted by molar-refractivity contribution is 6.08. The summed E-state index contributed by atoms with van der Waals surface area (Å²) in [7, 11) is 1.81. The second-order valence-corrected chi connectivity index (χ2v) is 5.14. The number of benzene rings is 1. The Labute approximate surface area is 113 Å². The third kappa shape index (κ3) is 2.28. The number of morpholine rings is 1. The third-order valence-corrected chi connectivity index (χ3v) is 3.94. The Bertz CT molecular complexity index is 485. The largest absolute Gasteiger partial charge is 0.462 e. The standard InChI is InChI=1S/C15H19NO3/c1-11-10-19-14(18)15(12(2)17,16(11)3)9-13-7-5-4-6-8-13/h4-8,11H,9-10H2,1-3H3/t11-,15?/m0/s1. The van der Waals surface area contributed by atoms with Gasteiger partial charge in [-0.2, -0.15) is 0 Å². The quantitative estimate of drug-likeness (QED) is 0.610. The maximum atomic E-state index is 12.2. The highest BCUT2D eigenvalue weighted by atomic mass is 16.5. The molecule has 0 radical (unpaired) electrons. The molecule has 1 aliphatic rings. The van der Waals surface area contributed by atoms with E-state index in [4.69, 9.17) is 4.74 Å². The highest BCUT2D eigenvalue weighted by Crippen LogP contribution is 2.29. The topological polar surface area (TPSA) is 46.6 Å². The summed E-state index contributed by atoms with van der Waals surface area (Å²) in [4.78, 5) is 26.2. The van der Waals surface area contributed by atoms with Gasteiger partial charge in [0.25, 0.3) is 0 Å². The molecule has 0 spiro atoms. The average molecular weight is 261 g/mol. The molecule has 1 heterocycles. The lowest BCUT2D eigenvalue weighted by Crippen LogP contribution is -2.66. The van der Waals surface area contributed by atoms with E-state index >= 15 is 0 Å². The molecule has 1 unspecified atom stereocenters. The number of hydrogen-bond donors (Lipinski definition) is 0. The van der Waals surface area contributed by atoms with Crippen molar-refractivity contribution in [2.24, 2.45) is 0 Å². The Balaban J connectivity index is 2.41. The fourth-order valence-electron chi connectivity index (χ4n) is 2.55. The molecule has 2 rings (SSSR count). The van der Waals surface area contributed by atoms with E-state index in [0.717, 1.165) is 5.56 Å². The number of ether oxygens (including phenoxy) is 1. The molecule has 1 aromatic carbocycles. The van der Waals surface area contributed by atoms with Crippen LogP contribution in [0.3, 0.4) is 0 Å². The lowest BCUT2D eigenvalue weighted by molar-refractivity contribution is -0.175. The zero-order valence-electron chi connectivity index (χ0n) is 11.6. The van der Waals surface area contributed by atoms with Gasteiger partial charge in [-0.3, -0.25) is 9.69 Å². The van der Waals surface area contributed by atoms with E-state index in [1.165, 1.54) is 6.92 Å². The van der Waals surface area contributed by atoms with Crippen molar-refractivity contribution in [3.63, 3.8) is 0 Å². The van der Waals surface area contributed by atoms with Gasteiger partial charge in [-0.1, -0.05) is 30.3 Å². The maximum Gasteiger partial charge on any atom is 0.334 e. The SMILES string of the molecule is CC(=O)C1(Cc2ccccc2)C(=O)OC[C@H](C)N1C. The van der Waals surface area contributed by atoms with Crippen LogP contribution in [0.5, 0.6) is 0 Å². The summed E-state index contributed by atoms with van der Waals surface area (Å²) in [6.45, 7) is 3.74. The summed E-state index contributed by atoms with van der Waals surface area (Å²) in [5.41, 5.74) is -0.241. The van der Waals surface area contributed by atoms with Crippen molar-refractivity contribution in [3.05, 3.63) is 35.9 Å². The van der Waals surface area contributed by atoms with Crippen LogP contribution in [0.4, 0.5) is 0 Å². The predicted molar refractivity (Wildman–Crippen MR) is 71.7 cm³/mol. The third-order valence-electron chi connectivity index (χ3n) is 3.94. The molecule has 1 fully saturated rings. The number of nitrogens with zero attached hydrogens (tertiary/aromatic N) is 1. The van der Waals surface area contributed by atoms with Crippen molar-refractivity contribution in [1.82, 2.24) is 4.90 Å². The van der Waals surface area contributed by atoms with E-state index in [9.17, 15) is 9.59 Å². The molecule has 4 nitrogen and oxygen atoms in total. The van der Waals surface area contributed by atoms with Crippen molar-refractivity contribution >= 4 is 11.8 Å². The molecule has 0 amide bonds. The minimum absolute atomic E-state index is 0.0327. The molecule has 0 aliphatic carbocycles. The Morgan fingerprint density at radius 1 is 1.42 bits per heavy atom. The van der Waals surface area contributed by atoms with Crippen molar-refractivity contribution in [1.29, 1.82) is 0 Å². The summed E-state index contributed by atoms with van der Waals surface area (Å²) in [6, 6.07) is 9.60. The van der Waals surface area contributed by atoms with Gasteiger partial charge in [-0.05, 0) is 26.5 Å². The fourth-order valence-corrected chi connectivity index (χ4v) is 2.55. The summed E-state index contributed by atoms with van der Waals surface area (Å²) in [5, 5.41) is 0. The number of cyclic esters (lactones) is 1. The van der Waals surface area contributed by atoms with E-state index in [0.29, 0.717) is 13.0 Å². The summed E-state index contributed by atoms with van der Waals surface area (Å²) >= 11 is 0. The number of ketones is 1. The number of esters is 1. The number of hydrogen-bond acceptors (Lipinski definition) is 4. The molecular formula is C15H19NO3. The molecular weight excluding hydrogens is 242 g/mol. The molecule has 0 N–H and O–H groups in total. The lowest BCUT2D eigenvalue weighted by atomic mass is 9.83. The molecule has 2 atom stereocenters. The van der Waals surface area contributed by atoms with Gasteiger partial charge in [0.05, 0.1) is 0 Å². The van der Waals surface area contributed by atoms with E-state index in [1.54, 1.807) is 0 Å². The van der Waals surface area contributed by atoms with E-state index in [1.807, 2.05) is 49.2 Å². The second kappa shape index (κ2) is 5.13. The smallest absolute Gasteiger partial charge is 0.334 e. The number of carbonyl (C=O) groups excluding carboxylic acids is 2. The van der Waals surface area contributed by atoms with Crippen molar-refractivity contribution in [3.8, 4) is 0 Å². The van der Waals surface area contributed by atoms with Gasteiger partial charge in [0, 0.05) is 12.5 Å². The first-order chi connectivity index (χ1) is 8.98. The van der Waals surface area contributed by atoms with Crippen LogP contribution in [0.25, 0.3) is 0 Å². The van der Waals surface area contributed by atoms with Crippen molar-refractivity contribution in [2.75, 3.05) is 13.7 Å². The highest BCUT2D eigenvalue weighted by Gasteiger charge is 2.52. The zero-order valence-corrected chi connectivity index (χ0v) is 11.6. The maximum absolute atomic E-state index is 12.2. The van der Waals surface area contributed by atoms with Gasteiger partial charge < -0.3 is 4.74 Å². The molecule has 1 saturated heterocycles. The van der Waals surface area contributed by atoms with E-state index < -0.39 is 11.5 Å². The first kappa shape index (κ1) is 13.7. The normalized spacial score (nSPS) is 27.9. The van der Waals surface area contributed by atoms with Gasteiger partial charge in [0.2, 0.25) is 0 Å². The Hall–Kier alpha value is -1.68. The van der Waals surface area contributed by atoms with Crippen LogP contribution in [0.1, 0.15) is 19.4 Å². The molecule has 102 valence electrons. The minimum Gasteiger partial charge on any atom is -0.462 e. The summed E-state index contributed by atoms with van der Waals surface area (Å²) in [5.74, 6) is -0.611. The second-order valence-electron chi connectivity index (χ2n) is 5.14. The van der Waals surface area contributed by atoms with Crippen LogP contribution in [0, 0.1) is 0 Å². The zero-order chi connectivity index (χ0) is 14.0. The molecule has 1 aromatic rings. The average Bonchev–Trinajstić information content (AvgIpc) is 2.40. The number of likely N-dealkylation sites (N-methyl/N-ethyl adjacent to an activating group) is 1. The van der Waals surface area contributed by atoms with Crippen molar-refractivity contribution in [2.45, 2.75) is 31.8 Å². The molecule has 0 bridgehead atoms. The Kier molecular flexibility index (Phi) is 3.71. The first-order valence-electron chi connectivity index (χ1n) is 6.43. The van der Waals surface area contributed by atoms with Crippen LogP contribution in [0.2, 0.25) is 0 Å². The molecule has 0 aromatic heterocycles. The van der Waals surface area contributed by atoms with Gasteiger partial charge >= 0.3 is 5.97 Å². The van der Waals surface area contributed by atoms with Gasteiger partial charge in [-0.25, -0.2) is 4.79 Å². The number of carbonyl (C=O) groups is 2. The molecule has 0 saturated carbocycles. The van der Waals surface area contributed by atoms with Crippen LogP contribution >= 0.6 is 0 Å². The molecule has 19 heavy (non-hydrogen) atoms. The van der Waals surface area contributed by atoms with E-state index in [2.05, 4.69) is 0 Å². The first-order valence-corrected chi connectivity index (χ1v) is 6.43. The van der Waals surface area contributed by atoms with Crippen LogP contribution < -0.4 is 0 Å². The Morgan fingerprint density at radius 2 is 2.05 bits per heavy atom. The van der Waals surface area contributed by atoms with Gasteiger partial charge in [0.1, 0.15) is 6.61 Å². The number of Topliss-reactive ketones (excluding diaryl/α,β-unsaturated/α-hetero) is 1. The Morgan fingerprint density at radius 3 is 2.63 bits per heavy atom.